The fourth-order valence-corrected chi connectivity index (χ4v) is 3.52. The highest BCUT2D eigenvalue weighted by Gasteiger charge is 2.16. The molecule has 1 aromatic heterocycles. The maximum absolute atomic E-state index is 12.0. The van der Waals surface area contributed by atoms with Gasteiger partial charge in [-0.15, -0.1) is 11.3 Å². The molecule has 1 aliphatic carbocycles. The Morgan fingerprint density at radius 2 is 2.00 bits per heavy atom. The average Bonchev–Trinajstić information content (AvgIpc) is 2.73. The molecular weight excluding hydrogens is 272 g/mol. The minimum absolute atomic E-state index is 0.0569. The Bertz CT molecular complexity index is 459. The van der Waals surface area contributed by atoms with E-state index in [-0.39, 0.29) is 18.4 Å². The van der Waals surface area contributed by atoms with Gasteiger partial charge in [-0.05, 0) is 43.7 Å². The molecule has 1 aliphatic rings. The first-order valence-electron chi connectivity index (χ1n) is 7.37. The highest BCUT2D eigenvalue weighted by atomic mass is 32.1. The zero-order valence-corrected chi connectivity index (χ0v) is 12.8. The summed E-state index contributed by atoms with van der Waals surface area (Å²) in [5.74, 6) is -0.256. The standard InChI is InChI=1S/C15H22N2O2S/c1-2-8-16-14(18)10-17-15(19)13-9-11-6-4-3-5-7-12(11)20-13/h9H,2-8,10H2,1H3,(H,16,18)(H,17,19). The first-order chi connectivity index (χ1) is 9.70. The van der Waals surface area contributed by atoms with Crippen molar-refractivity contribution < 1.29 is 9.59 Å². The van der Waals surface area contributed by atoms with Gasteiger partial charge in [0.2, 0.25) is 5.91 Å². The van der Waals surface area contributed by atoms with Gasteiger partial charge in [0.15, 0.2) is 0 Å². The summed E-state index contributed by atoms with van der Waals surface area (Å²) in [5, 5.41) is 5.44. The number of carbonyl (C=O) groups is 2. The highest BCUT2D eigenvalue weighted by Crippen LogP contribution is 2.28. The molecule has 0 bridgehead atoms. The summed E-state index contributed by atoms with van der Waals surface area (Å²) in [6, 6.07) is 2.00. The number of fused-ring (bicyclic) bond motifs is 1. The van der Waals surface area contributed by atoms with Crippen LogP contribution >= 0.6 is 11.3 Å². The number of rotatable bonds is 5. The van der Waals surface area contributed by atoms with Gasteiger partial charge < -0.3 is 10.6 Å². The van der Waals surface area contributed by atoms with Gasteiger partial charge in [-0.1, -0.05) is 13.3 Å². The Balaban J connectivity index is 1.88. The number of nitrogens with one attached hydrogen (secondary N) is 2. The lowest BCUT2D eigenvalue weighted by molar-refractivity contribution is -0.120. The van der Waals surface area contributed by atoms with Crippen molar-refractivity contribution in [2.24, 2.45) is 0 Å². The number of amides is 2. The van der Waals surface area contributed by atoms with E-state index in [9.17, 15) is 9.59 Å². The Hall–Kier alpha value is -1.36. The minimum Gasteiger partial charge on any atom is -0.355 e. The van der Waals surface area contributed by atoms with Crippen molar-refractivity contribution in [3.05, 3.63) is 21.4 Å². The molecule has 0 fully saturated rings. The van der Waals surface area contributed by atoms with Crippen LogP contribution in [0, 0.1) is 0 Å². The summed E-state index contributed by atoms with van der Waals surface area (Å²) in [7, 11) is 0. The molecule has 0 saturated heterocycles. The molecule has 1 heterocycles. The van der Waals surface area contributed by atoms with Gasteiger partial charge in [-0.2, -0.15) is 0 Å². The first-order valence-corrected chi connectivity index (χ1v) is 8.19. The third-order valence-corrected chi connectivity index (χ3v) is 4.69. The third kappa shape index (κ3) is 4.07. The van der Waals surface area contributed by atoms with E-state index in [0.717, 1.165) is 24.1 Å². The molecule has 5 heteroatoms. The molecular formula is C15H22N2O2S. The number of aryl methyl sites for hydroxylation is 2. The lowest BCUT2D eigenvalue weighted by Crippen LogP contribution is -2.36. The zero-order chi connectivity index (χ0) is 14.4. The Morgan fingerprint density at radius 1 is 1.20 bits per heavy atom. The van der Waals surface area contributed by atoms with Crippen molar-refractivity contribution in [3.63, 3.8) is 0 Å². The van der Waals surface area contributed by atoms with Crippen LogP contribution in [0.5, 0.6) is 0 Å². The summed E-state index contributed by atoms with van der Waals surface area (Å²) >= 11 is 1.58. The Kier molecular flexibility index (Phi) is 5.59. The molecule has 1 aromatic rings. The van der Waals surface area contributed by atoms with E-state index in [2.05, 4.69) is 10.6 Å². The van der Waals surface area contributed by atoms with Gasteiger partial charge >= 0.3 is 0 Å². The highest BCUT2D eigenvalue weighted by molar-refractivity contribution is 7.14. The van der Waals surface area contributed by atoms with Crippen molar-refractivity contribution in [3.8, 4) is 0 Å². The summed E-state index contributed by atoms with van der Waals surface area (Å²) in [6.07, 6.45) is 6.77. The van der Waals surface area contributed by atoms with Gasteiger partial charge in [0.25, 0.3) is 5.91 Å². The van der Waals surface area contributed by atoms with Crippen molar-refractivity contribution in [1.82, 2.24) is 10.6 Å². The van der Waals surface area contributed by atoms with Crippen molar-refractivity contribution in [2.45, 2.75) is 45.4 Å². The smallest absolute Gasteiger partial charge is 0.261 e. The van der Waals surface area contributed by atoms with Crippen molar-refractivity contribution in [2.75, 3.05) is 13.1 Å². The SMILES string of the molecule is CCCNC(=O)CNC(=O)c1cc2c(s1)CCCCC2. The zero-order valence-electron chi connectivity index (χ0n) is 12.0. The van der Waals surface area contributed by atoms with Crippen LogP contribution < -0.4 is 10.6 Å². The summed E-state index contributed by atoms with van der Waals surface area (Å²) in [5.41, 5.74) is 1.33. The molecule has 0 aromatic carbocycles. The van der Waals surface area contributed by atoms with Crippen LogP contribution in [0.4, 0.5) is 0 Å². The largest absolute Gasteiger partial charge is 0.355 e. The lowest BCUT2D eigenvalue weighted by atomic mass is 10.1. The van der Waals surface area contributed by atoms with Crippen LogP contribution in [0.25, 0.3) is 0 Å². The topological polar surface area (TPSA) is 58.2 Å². The maximum Gasteiger partial charge on any atom is 0.261 e. The van der Waals surface area contributed by atoms with E-state index in [1.807, 2.05) is 13.0 Å². The molecule has 0 radical (unpaired) electrons. The van der Waals surface area contributed by atoms with E-state index in [4.69, 9.17) is 0 Å². The average molecular weight is 294 g/mol. The van der Waals surface area contributed by atoms with Gasteiger partial charge in [0.05, 0.1) is 11.4 Å². The van der Waals surface area contributed by atoms with Crippen LogP contribution in [-0.2, 0) is 17.6 Å². The molecule has 0 spiro atoms. The molecule has 4 nitrogen and oxygen atoms in total. The predicted molar refractivity (Wildman–Crippen MR) is 81.2 cm³/mol. The second-order valence-corrected chi connectivity index (χ2v) is 6.29. The van der Waals surface area contributed by atoms with Gasteiger partial charge in [-0.25, -0.2) is 0 Å². The molecule has 0 unspecified atom stereocenters. The van der Waals surface area contributed by atoms with E-state index < -0.39 is 0 Å². The second-order valence-electron chi connectivity index (χ2n) is 5.15. The number of thiophene rings is 1. The van der Waals surface area contributed by atoms with E-state index >= 15 is 0 Å². The van der Waals surface area contributed by atoms with Crippen molar-refractivity contribution >= 4 is 23.2 Å². The van der Waals surface area contributed by atoms with Crippen molar-refractivity contribution in [1.29, 1.82) is 0 Å². The van der Waals surface area contributed by atoms with Gasteiger partial charge in [-0.3, -0.25) is 9.59 Å². The molecule has 2 amide bonds. The molecule has 0 aliphatic heterocycles. The van der Waals surface area contributed by atoms with E-state index in [0.29, 0.717) is 6.54 Å². The van der Waals surface area contributed by atoms with E-state index in [1.165, 1.54) is 29.7 Å². The lowest BCUT2D eigenvalue weighted by Gasteiger charge is -2.04. The first kappa shape index (κ1) is 15.0. The fraction of sp³-hybridized carbons (Fsp3) is 0.600. The molecule has 2 rings (SSSR count). The summed E-state index contributed by atoms with van der Waals surface area (Å²) < 4.78 is 0. The van der Waals surface area contributed by atoms with Crippen LogP contribution in [-0.4, -0.2) is 24.9 Å². The van der Waals surface area contributed by atoms with E-state index in [1.54, 1.807) is 11.3 Å². The summed E-state index contributed by atoms with van der Waals surface area (Å²) in [6.45, 7) is 2.71. The molecule has 20 heavy (non-hydrogen) atoms. The molecule has 0 atom stereocenters. The second kappa shape index (κ2) is 7.43. The number of hydrogen-bond acceptors (Lipinski definition) is 3. The monoisotopic (exact) mass is 294 g/mol. The minimum atomic E-state index is -0.130. The Labute approximate surface area is 124 Å². The van der Waals surface area contributed by atoms with Crippen LogP contribution in [0.2, 0.25) is 0 Å². The fourth-order valence-electron chi connectivity index (χ4n) is 2.35. The Morgan fingerprint density at radius 3 is 2.80 bits per heavy atom. The molecule has 2 N–H and O–H groups in total. The predicted octanol–water partition coefficient (Wildman–Crippen LogP) is 2.27. The molecule has 0 saturated carbocycles. The summed E-state index contributed by atoms with van der Waals surface area (Å²) in [4.78, 5) is 25.6. The normalized spacial score (nSPS) is 14.2. The third-order valence-electron chi connectivity index (χ3n) is 3.45. The quantitative estimate of drug-likeness (QED) is 0.819. The van der Waals surface area contributed by atoms with Crippen LogP contribution in [0.15, 0.2) is 6.07 Å². The maximum atomic E-state index is 12.0. The van der Waals surface area contributed by atoms with Crippen LogP contribution in [0.1, 0.15) is 52.7 Å². The molecule has 110 valence electrons. The van der Waals surface area contributed by atoms with Gasteiger partial charge in [0, 0.05) is 11.4 Å². The van der Waals surface area contributed by atoms with Gasteiger partial charge in [0.1, 0.15) is 0 Å². The number of carbonyl (C=O) groups excluding carboxylic acids is 2. The number of hydrogen-bond donors (Lipinski definition) is 2. The van der Waals surface area contributed by atoms with Crippen LogP contribution in [0.3, 0.4) is 0 Å².